The Hall–Kier alpha value is -3.68. The Labute approximate surface area is 217 Å². The summed E-state index contributed by atoms with van der Waals surface area (Å²) in [6.45, 7) is 4.05. The van der Waals surface area contributed by atoms with Gasteiger partial charge < -0.3 is 10.6 Å². The van der Waals surface area contributed by atoms with Crippen molar-refractivity contribution in [3.8, 4) is 0 Å². The second kappa shape index (κ2) is 10.5. The van der Waals surface area contributed by atoms with E-state index in [-0.39, 0.29) is 27.3 Å². The topological polar surface area (TPSA) is 78.5 Å². The normalized spacial score (nSPS) is 13.4. The lowest BCUT2D eigenvalue weighted by molar-refractivity contribution is -0.120. The molecule has 3 amide bonds. The van der Waals surface area contributed by atoms with E-state index < -0.39 is 17.6 Å². The second-order valence-electron chi connectivity index (χ2n) is 8.05. The molecule has 0 fully saturated rings. The quantitative estimate of drug-likeness (QED) is 0.355. The average Bonchev–Trinajstić information content (AvgIpc) is 3.09. The van der Waals surface area contributed by atoms with Crippen molar-refractivity contribution in [3.63, 3.8) is 0 Å². The van der Waals surface area contributed by atoms with Crippen molar-refractivity contribution in [1.82, 2.24) is 0 Å². The van der Waals surface area contributed by atoms with Gasteiger partial charge in [-0.25, -0.2) is 9.29 Å². The first-order chi connectivity index (χ1) is 17.2. The first-order valence-electron chi connectivity index (χ1n) is 11.3. The summed E-state index contributed by atoms with van der Waals surface area (Å²) in [5.74, 6) is -2.50. The summed E-state index contributed by atoms with van der Waals surface area (Å²) in [5, 5.41) is 5.28. The summed E-state index contributed by atoms with van der Waals surface area (Å²) in [6.07, 6.45) is 1.53. The average molecular weight is 526 g/mol. The van der Waals surface area contributed by atoms with Crippen LogP contribution in [-0.4, -0.2) is 17.7 Å². The molecule has 0 saturated heterocycles. The predicted molar refractivity (Wildman–Crippen MR) is 140 cm³/mol. The van der Waals surface area contributed by atoms with Gasteiger partial charge in [-0.3, -0.25) is 14.4 Å². The van der Waals surface area contributed by atoms with E-state index in [0.29, 0.717) is 11.3 Å². The number of rotatable bonds is 7. The zero-order valence-corrected chi connectivity index (χ0v) is 21.0. The molecular weight excluding hydrogens is 504 g/mol. The van der Waals surface area contributed by atoms with Gasteiger partial charge in [-0.15, -0.1) is 0 Å². The van der Waals surface area contributed by atoms with E-state index in [4.69, 9.17) is 23.2 Å². The van der Waals surface area contributed by atoms with Crippen LogP contribution in [0.15, 0.2) is 71.4 Å². The predicted octanol–water partition coefficient (Wildman–Crippen LogP) is 6.29. The molecule has 3 aromatic rings. The minimum Gasteiger partial charge on any atom is -0.350 e. The Kier molecular flexibility index (Phi) is 7.43. The van der Waals surface area contributed by atoms with Crippen LogP contribution in [0.5, 0.6) is 0 Å². The van der Waals surface area contributed by atoms with Crippen LogP contribution in [0.4, 0.5) is 21.5 Å². The second-order valence-corrected chi connectivity index (χ2v) is 8.84. The van der Waals surface area contributed by atoms with Crippen molar-refractivity contribution in [2.24, 2.45) is 0 Å². The molecule has 0 aliphatic carbocycles. The highest BCUT2D eigenvalue weighted by Crippen LogP contribution is 2.32. The smallest absolute Gasteiger partial charge is 0.283 e. The van der Waals surface area contributed by atoms with Crippen LogP contribution in [0.3, 0.4) is 0 Å². The first-order valence-corrected chi connectivity index (χ1v) is 12.0. The summed E-state index contributed by atoms with van der Waals surface area (Å²) in [5.41, 5.74) is 3.51. The van der Waals surface area contributed by atoms with E-state index in [1.54, 1.807) is 24.3 Å². The fourth-order valence-corrected chi connectivity index (χ4v) is 4.33. The molecule has 36 heavy (non-hydrogen) atoms. The summed E-state index contributed by atoms with van der Waals surface area (Å²) in [7, 11) is 0. The monoisotopic (exact) mass is 525 g/mol. The number of carbonyl (C=O) groups is 3. The van der Waals surface area contributed by atoms with E-state index >= 15 is 0 Å². The van der Waals surface area contributed by atoms with E-state index in [0.717, 1.165) is 40.6 Å². The number of nitrogens with zero attached hydrogens (tertiary/aromatic N) is 1. The van der Waals surface area contributed by atoms with Crippen LogP contribution >= 0.6 is 23.2 Å². The third kappa shape index (κ3) is 4.85. The Balaban J connectivity index is 1.57. The lowest BCUT2D eigenvalue weighted by atomic mass is 10.0. The molecule has 0 unspecified atom stereocenters. The van der Waals surface area contributed by atoms with E-state index in [1.807, 2.05) is 32.0 Å². The number of hydrogen-bond donors (Lipinski definition) is 2. The number of halogens is 3. The Morgan fingerprint density at radius 1 is 0.917 bits per heavy atom. The number of carbonyl (C=O) groups excluding carboxylic acids is 3. The van der Waals surface area contributed by atoms with Gasteiger partial charge in [0.05, 0.1) is 10.7 Å². The van der Waals surface area contributed by atoms with Crippen molar-refractivity contribution >= 4 is 58.0 Å². The fourth-order valence-electron chi connectivity index (χ4n) is 3.94. The lowest BCUT2D eigenvalue weighted by Gasteiger charge is -2.16. The first kappa shape index (κ1) is 25.4. The molecule has 1 aliphatic rings. The van der Waals surface area contributed by atoms with Gasteiger partial charge in [0, 0.05) is 16.9 Å². The molecule has 6 nitrogen and oxygen atoms in total. The van der Waals surface area contributed by atoms with Gasteiger partial charge in [0.2, 0.25) is 0 Å². The lowest BCUT2D eigenvalue weighted by Crippen LogP contribution is -2.32. The molecule has 4 rings (SSSR count). The van der Waals surface area contributed by atoms with Crippen LogP contribution in [0.25, 0.3) is 0 Å². The number of imide groups is 1. The molecule has 184 valence electrons. The third-order valence-electron chi connectivity index (χ3n) is 5.82. The molecule has 9 heteroatoms. The molecule has 0 bridgehead atoms. The number of anilines is 3. The fraction of sp³-hybridized carbons (Fsp3) is 0.148. The number of amides is 3. The minimum absolute atomic E-state index is 0.0841. The van der Waals surface area contributed by atoms with Crippen LogP contribution in [-0.2, 0) is 22.4 Å². The Morgan fingerprint density at radius 3 is 2.22 bits per heavy atom. The Bertz CT molecular complexity index is 1400. The maximum Gasteiger partial charge on any atom is 0.283 e. The molecule has 1 aliphatic heterocycles. The SMILES string of the molecule is CCc1cccc(CC)c1NC(=O)c1cccc(NC2=C(Cl)C(=O)N(c3ccc(F)c(Cl)c3)C2=O)c1. The largest absolute Gasteiger partial charge is 0.350 e. The van der Waals surface area contributed by atoms with E-state index in [1.165, 1.54) is 12.1 Å². The van der Waals surface area contributed by atoms with Crippen molar-refractivity contribution in [2.45, 2.75) is 26.7 Å². The van der Waals surface area contributed by atoms with Crippen LogP contribution < -0.4 is 15.5 Å². The van der Waals surface area contributed by atoms with Crippen molar-refractivity contribution in [2.75, 3.05) is 15.5 Å². The molecule has 1 heterocycles. The zero-order chi connectivity index (χ0) is 26.0. The molecule has 0 radical (unpaired) electrons. The highest BCUT2D eigenvalue weighted by atomic mass is 35.5. The van der Waals surface area contributed by atoms with Crippen LogP contribution in [0, 0.1) is 5.82 Å². The van der Waals surface area contributed by atoms with Crippen molar-refractivity contribution in [1.29, 1.82) is 0 Å². The minimum atomic E-state index is -0.774. The molecule has 0 spiro atoms. The summed E-state index contributed by atoms with van der Waals surface area (Å²) >= 11 is 12.0. The summed E-state index contributed by atoms with van der Waals surface area (Å²) < 4.78 is 13.5. The molecule has 0 saturated carbocycles. The molecular formula is C27H22Cl2FN3O3. The van der Waals surface area contributed by atoms with Gasteiger partial charge in [-0.05, 0) is 60.4 Å². The summed E-state index contributed by atoms with van der Waals surface area (Å²) in [6, 6.07) is 15.9. The van der Waals surface area contributed by atoms with Gasteiger partial charge in [0.15, 0.2) is 0 Å². The van der Waals surface area contributed by atoms with Crippen molar-refractivity contribution < 1.29 is 18.8 Å². The molecule has 0 aromatic heterocycles. The standard InChI is InChI=1S/C27H22Cl2FN3O3/c1-3-15-7-5-8-16(4-2)23(15)32-25(34)17-9-6-10-18(13-17)31-24-22(29)26(35)33(27(24)36)19-11-12-21(30)20(28)14-19/h5-14,31H,3-4H2,1-2H3,(H,32,34). The Morgan fingerprint density at radius 2 is 1.58 bits per heavy atom. The van der Waals surface area contributed by atoms with Gasteiger partial charge in [-0.1, -0.05) is 61.3 Å². The third-order valence-corrected chi connectivity index (χ3v) is 6.46. The number of hydrogen-bond acceptors (Lipinski definition) is 4. The highest BCUT2D eigenvalue weighted by molar-refractivity contribution is 6.53. The molecule has 2 N–H and O–H groups in total. The van der Waals surface area contributed by atoms with E-state index in [2.05, 4.69) is 10.6 Å². The maximum absolute atomic E-state index is 13.5. The maximum atomic E-state index is 13.5. The summed E-state index contributed by atoms with van der Waals surface area (Å²) in [4.78, 5) is 39.6. The van der Waals surface area contributed by atoms with Gasteiger partial charge in [-0.2, -0.15) is 0 Å². The van der Waals surface area contributed by atoms with Crippen LogP contribution in [0.1, 0.15) is 35.3 Å². The zero-order valence-electron chi connectivity index (χ0n) is 19.5. The van der Waals surface area contributed by atoms with Gasteiger partial charge in [0.25, 0.3) is 17.7 Å². The highest BCUT2D eigenvalue weighted by Gasteiger charge is 2.39. The van der Waals surface area contributed by atoms with Gasteiger partial charge >= 0.3 is 0 Å². The van der Waals surface area contributed by atoms with E-state index in [9.17, 15) is 18.8 Å². The van der Waals surface area contributed by atoms with Crippen LogP contribution in [0.2, 0.25) is 5.02 Å². The molecule has 3 aromatic carbocycles. The van der Waals surface area contributed by atoms with Gasteiger partial charge in [0.1, 0.15) is 16.5 Å². The molecule has 0 atom stereocenters. The number of para-hydroxylation sites is 1. The number of benzene rings is 3. The number of aryl methyl sites for hydroxylation is 2. The number of nitrogens with one attached hydrogen (secondary N) is 2. The van der Waals surface area contributed by atoms with Crippen molar-refractivity contribution in [3.05, 3.63) is 98.9 Å².